The maximum Gasteiger partial charge on any atom is 0.303 e. The molecule has 62 valence electrons. The first-order valence-electron chi connectivity index (χ1n) is 3.80. The predicted octanol–water partition coefficient (Wildman–Crippen LogP) is 1.87. The van der Waals surface area contributed by atoms with Crippen LogP contribution in [0.15, 0.2) is 18.2 Å². The smallest absolute Gasteiger partial charge is 0.303 e. The quantitative estimate of drug-likeness (QED) is 0.736. The van der Waals surface area contributed by atoms with Crippen molar-refractivity contribution in [3.05, 3.63) is 35.9 Å². The molecule has 1 N–H and O–H groups in total. The van der Waals surface area contributed by atoms with Gasteiger partial charge in [-0.05, 0) is 18.1 Å². The highest BCUT2D eigenvalue weighted by Gasteiger charge is 2.08. The zero-order chi connectivity index (χ0) is 8.97. The molecule has 0 spiro atoms. The number of rotatable bonds is 3. The average Bonchev–Trinajstić information content (AvgIpc) is 2.05. The minimum Gasteiger partial charge on any atom is -0.481 e. The third-order valence-corrected chi connectivity index (χ3v) is 1.68. The van der Waals surface area contributed by atoms with Crippen molar-refractivity contribution in [2.24, 2.45) is 0 Å². The third kappa shape index (κ3) is 2.28. The Morgan fingerprint density at radius 1 is 1.75 bits per heavy atom. The van der Waals surface area contributed by atoms with Crippen LogP contribution in [0.3, 0.4) is 0 Å². The Morgan fingerprint density at radius 2 is 2.50 bits per heavy atom. The van der Waals surface area contributed by atoms with Gasteiger partial charge in [-0.1, -0.05) is 25.1 Å². The second-order valence-electron chi connectivity index (χ2n) is 2.75. The summed E-state index contributed by atoms with van der Waals surface area (Å²) < 4.78 is 0. The summed E-state index contributed by atoms with van der Waals surface area (Å²) in [5.41, 5.74) is 0.903. The second-order valence-corrected chi connectivity index (χ2v) is 2.75. The highest BCUT2D eigenvalue weighted by molar-refractivity contribution is 5.67. The van der Waals surface area contributed by atoms with Crippen molar-refractivity contribution < 1.29 is 9.90 Å². The SMILES string of the molecule is CC(CC(=O)O)c1c#cccc1. The van der Waals surface area contributed by atoms with Crippen molar-refractivity contribution in [2.45, 2.75) is 19.3 Å². The molecule has 1 aromatic rings. The Labute approximate surface area is 71.8 Å². The van der Waals surface area contributed by atoms with Crippen molar-refractivity contribution >= 4 is 5.97 Å². The summed E-state index contributed by atoms with van der Waals surface area (Å²) in [4.78, 5) is 10.4. The van der Waals surface area contributed by atoms with E-state index in [2.05, 4.69) is 12.1 Å². The van der Waals surface area contributed by atoms with Crippen LogP contribution in [0.2, 0.25) is 0 Å². The minimum atomic E-state index is -0.778. The van der Waals surface area contributed by atoms with Gasteiger partial charge in [0.05, 0.1) is 6.42 Å². The molecule has 0 fully saturated rings. The number of hydrogen-bond acceptors (Lipinski definition) is 1. The van der Waals surface area contributed by atoms with E-state index in [0.717, 1.165) is 5.56 Å². The summed E-state index contributed by atoms with van der Waals surface area (Å²) in [6.07, 6.45) is 0.147. The van der Waals surface area contributed by atoms with Gasteiger partial charge >= 0.3 is 5.97 Å². The van der Waals surface area contributed by atoms with Gasteiger partial charge in [-0.15, -0.1) is 0 Å². The normalized spacial score (nSPS) is 11.8. The number of hydrogen-bond donors (Lipinski definition) is 1. The lowest BCUT2D eigenvalue weighted by molar-refractivity contribution is -0.137. The molecule has 1 rings (SSSR count). The van der Waals surface area contributed by atoms with E-state index in [1.54, 1.807) is 6.07 Å². The van der Waals surface area contributed by atoms with Crippen LogP contribution in [-0.2, 0) is 4.79 Å². The van der Waals surface area contributed by atoms with Gasteiger partial charge in [-0.2, -0.15) is 0 Å². The topological polar surface area (TPSA) is 37.3 Å². The fourth-order valence-electron chi connectivity index (χ4n) is 1.03. The molecule has 1 aromatic carbocycles. The zero-order valence-electron chi connectivity index (χ0n) is 6.87. The highest BCUT2D eigenvalue weighted by atomic mass is 16.4. The number of carbonyl (C=O) groups is 1. The molecule has 0 radical (unpaired) electrons. The first kappa shape index (κ1) is 8.61. The van der Waals surface area contributed by atoms with Crippen LogP contribution in [0, 0.1) is 12.1 Å². The minimum absolute atomic E-state index is 0.0138. The lowest BCUT2D eigenvalue weighted by atomic mass is 10.00. The average molecular weight is 162 g/mol. The molecular formula is C10H10O2. The van der Waals surface area contributed by atoms with Crippen LogP contribution < -0.4 is 0 Å². The van der Waals surface area contributed by atoms with Gasteiger partial charge in [0.25, 0.3) is 0 Å². The summed E-state index contributed by atoms with van der Waals surface area (Å²) >= 11 is 0. The zero-order valence-corrected chi connectivity index (χ0v) is 6.87. The lowest BCUT2D eigenvalue weighted by Crippen LogP contribution is -2.01. The Kier molecular flexibility index (Phi) is 2.71. The molecule has 2 nitrogen and oxygen atoms in total. The maximum absolute atomic E-state index is 10.4. The highest BCUT2D eigenvalue weighted by Crippen LogP contribution is 2.15. The summed E-state index contributed by atoms with van der Waals surface area (Å²) in [7, 11) is 0. The molecule has 0 saturated carbocycles. The first-order chi connectivity index (χ1) is 5.70. The standard InChI is InChI=1S/C10H10O2/c1-8(7-10(11)12)9-5-3-2-4-6-9/h2-3,5,8H,7H2,1H3,(H,11,12). The van der Waals surface area contributed by atoms with Gasteiger partial charge < -0.3 is 5.11 Å². The van der Waals surface area contributed by atoms with Gasteiger partial charge in [0.1, 0.15) is 0 Å². The van der Waals surface area contributed by atoms with Gasteiger partial charge in [0.15, 0.2) is 0 Å². The monoisotopic (exact) mass is 162 g/mol. The Bertz CT molecular complexity index is 254. The number of aliphatic carboxylic acids is 1. The van der Waals surface area contributed by atoms with Gasteiger partial charge in [-0.3, -0.25) is 4.79 Å². The fraction of sp³-hybridized carbons (Fsp3) is 0.300. The molecule has 0 aliphatic rings. The van der Waals surface area contributed by atoms with E-state index in [-0.39, 0.29) is 12.3 Å². The summed E-state index contributed by atoms with van der Waals surface area (Å²) in [5.74, 6) is -0.764. The molecule has 0 aromatic heterocycles. The van der Waals surface area contributed by atoms with Gasteiger partial charge in [0, 0.05) is 5.56 Å². The number of carboxylic acids is 1. The van der Waals surface area contributed by atoms with E-state index < -0.39 is 5.97 Å². The van der Waals surface area contributed by atoms with Crippen molar-refractivity contribution in [2.75, 3.05) is 0 Å². The van der Waals surface area contributed by atoms with Crippen LogP contribution in [0.4, 0.5) is 0 Å². The van der Waals surface area contributed by atoms with E-state index >= 15 is 0 Å². The third-order valence-electron chi connectivity index (χ3n) is 1.68. The predicted molar refractivity (Wildman–Crippen MR) is 44.8 cm³/mol. The maximum atomic E-state index is 10.4. The van der Waals surface area contributed by atoms with Crippen LogP contribution in [-0.4, -0.2) is 11.1 Å². The summed E-state index contributed by atoms with van der Waals surface area (Å²) in [6, 6.07) is 11.1. The molecule has 12 heavy (non-hydrogen) atoms. The molecule has 0 saturated heterocycles. The van der Waals surface area contributed by atoms with E-state index in [0.29, 0.717) is 0 Å². The number of carboxylic acid groups (broad SMARTS) is 1. The van der Waals surface area contributed by atoms with E-state index in [9.17, 15) is 4.79 Å². The molecule has 1 atom stereocenters. The fourth-order valence-corrected chi connectivity index (χ4v) is 1.03. The largest absolute Gasteiger partial charge is 0.481 e. The van der Waals surface area contributed by atoms with Crippen LogP contribution in [0.1, 0.15) is 24.8 Å². The first-order valence-corrected chi connectivity index (χ1v) is 3.80. The Balaban J connectivity index is 2.65. The van der Waals surface area contributed by atoms with E-state index in [4.69, 9.17) is 5.11 Å². The molecule has 0 aliphatic carbocycles. The molecule has 2 heteroatoms. The van der Waals surface area contributed by atoms with E-state index in [1.807, 2.05) is 19.1 Å². The van der Waals surface area contributed by atoms with E-state index in [1.165, 1.54) is 0 Å². The van der Waals surface area contributed by atoms with Gasteiger partial charge in [-0.25, -0.2) is 0 Å². The second kappa shape index (κ2) is 3.77. The Hall–Kier alpha value is -1.49. The summed E-state index contributed by atoms with van der Waals surface area (Å²) in [5, 5.41) is 8.52. The molecule has 0 heterocycles. The molecule has 0 amide bonds. The van der Waals surface area contributed by atoms with Crippen molar-refractivity contribution in [1.82, 2.24) is 0 Å². The molecule has 0 aliphatic heterocycles. The lowest BCUT2D eigenvalue weighted by Gasteiger charge is -2.04. The van der Waals surface area contributed by atoms with Crippen LogP contribution >= 0.6 is 0 Å². The molecular weight excluding hydrogens is 152 g/mol. The Morgan fingerprint density at radius 3 is 3.00 bits per heavy atom. The van der Waals surface area contributed by atoms with Crippen molar-refractivity contribution in [3.63, 3.8) is 0 Å². The van der Waals surface area contributed by atoms with Crippen molar-refractivity contribution in [3.8, 4) is 0 Å². The van der Waals surface area contributed by atoms with Crippen LogP contribution in [0.25, 0.3) is 0 Å². The summed E-state index contributed by atoms with van der Waals surface area (Å²) in [6.45, 7) is 1.87. The molecule has 0 bridgehead atoms. The van der Waals surface area contributed by atoms with Crippen molar-refractivity contribution in [1.29, 1.82) is 0 Å². The van der Waals surface area contributed by atoms with Gasteiger partial charge in [0.2, 0.25) is 0 Å². The van der Waals surface area contributed by atoms with Crippen LogP contribution in [0.5, 0.6) is 0 Å². The molecule has 1 unspecified atom stereocenters.